The number of nitrogens with one attached hydrogen (secondary N) is 2. The van der Waals surface area contributed by atoms with Crippen molar-refractivity contribution in [1.29, 1.82) is 0 Å². The van der Waals surface area contributed by atoms with Gasteiger partial charge in [0.05, 0.1) is 29.6 Å². The number of para-hydroxylation sites is 1. The molecule has 0 bridgehead atoms. The van der Waals surface area contributed by atoms with Gasteiger partial charge in [0.25, 0.3) is 11.8 Å². The molecule has 0 aromatic heterocycles. The fourth-order valence-corrected chi connectivity index (χ4v) is 3.40. The Hall–Kier alpha value is -4.00. The lowest BCUT2D eigenvalue weighted by molar-refractivity contribution is 0.0956. The van der Waals surface area contributed by atoms with Crippen LogP contribution in [0, 0.1) is 5.82 Å². The van der Waals surface area contributed by atoms with E-state index in [1.165, 1.54) is 50.1 Å². The average molecular weight is 476 g/mol. The van der Waals surface area contributed by atoms with Gasteiger partial charge in [-0.05, 0) is 60.5 Å². The summed E-state index contributed by atoms with van der Waals surface area (Å²) in [5.74, 6) is -0.995. The van der Waals surface area contributed by atoms with E-state index in [2.05, 4.69) is 22.8 Å². The number of halogens is 1. The molecule has 3 aromatic carbocycles. The Balaban J connectivity index is 1.53. The van der Waals surface area contributed by atoms with Crippen molar-refractivity contribution in [3.05, 3.63) is 95.3 Å². The van der Waals surface area contributed by atoms with Crippen LogP contribution in [-0.2, 0) is 0 Å². The molecule has 35 heavy (non-hydrogen) atoms. The van der Waals surface area contributed by atoms with Crippen molar-refractivity contribution in [3.8, 4) is 5.75 Å². The Bertz CT molecular complexity index is 1150. The van der Waals surface area contributed by atoms with E-state index in [-0.39, 0.29) is 16.8 Å². The number of rotatable bonds is 12. The Kier molecular flexibility index (Phi) is 9.99. The van der Waals surface area contributed by atoms with Crippen LogP contribution in [0.25, 0.3) is 0 Å². The predicted octanol–water partition coefficient (Wildman–Crippen LogP) is 6.19. The van der Waals surface area contributed by atoms with Crippen LogP contribution in [0.3, 0.4) is 0 Å². The van der Waals surface area contributed by atoms with Crippen molar-refractivity contribution in [1.82, 2.24) is 5.43 Å². The van der Waals surface area contributed by atoms with Crippen LogP contribution in [-0.4, -0.2) is 24.6 Å². The second-order valence-electron chi connectivity index (χ2n) is 8.01. The maximum atomic E-state index is 13.9. The van der Waals surface area contributed by atoms with E-state index in [1.807, 2.05) is 24.3 Å². The molecule has 7 heteroatoms. The molecule has 182 valence electrons. The van der Waals surface area contributed by atoms with Gasteiger partial charge in [-0.3, -0.25) is 9.59 Å². The lowest BCUT2D eigenvalue weighted by Gasteiger charge is -2.10. The number of nitrogens with zero attached hydrogens (tertiary/aromatic N) is 1. The Labute approximate surface area is 205 Å². The minimum Gasteiger partial charge on any atom is -0.494 e. The first-order valence-electron chi connectivity index (χ1n) is 11.8. The van der Waals surface area contributed by atoms with Gasteiger partial charge in [0.15, 0.2) is 0 Å². The SMILES string of the molecule is CCCCCCCOc1ccc(/C=N\NC(=O)c2ccccc2NC(=O)c2ccccc2F)cc1. The lowest BCUT2D eigenvalue weighted by atomic mass is 10.1. The molecule has 2 amide bonds. The molecule has 0 unspecified atom stereocenters. The summed E-state index contributed by atoms with van der Waals surface area (Å²) in [5, 5.41) is 6.59. The number of ether oxygens (including phenoxy) is 1. The van der Waals surface area contributed by atoms with Crippen LogP contribution >= 0.6 is 0 Å². The average Bonchev–Trinajstić information content (AvgIpc) is 2.87. The first-order valence-corrected chi connectivity index (χ1v) is 11.8. The van der Waals surface area contributed by atoms with Gasteiger partial charge in [0.2, 0.25) is 0 Å². The van der Waals surface area contributed by atoms with Gasteiger partial charge in [-0.15, -0.1) is 0 Å². The standard InChI is InChI=1S/C28H30FN3O3/c1-2-3-4-5-10-19-35-22-17-15-21(16-18-22)20-30-32-28(34)24-12-7-9-14-26(24)31-27(33)23-11-6-8-13-25(23)29/h6-9,11-18,20H,2-5,10,19H2,1H3,(H,31,33)(H,32,34)/b30-20-. The summed E-state index contributed by atoms with van der Waals surface area (Å²) in [6.45, 7) is 2.89. The van der Waals surface area contributed by atoms with Crippen LogP contribution in [0.4, 0.5) is 10.1 Å². The third kappa shape index (κ3) is 8.07. The minimum atomic E-state index is -0.643. The van der Waals surface area contributed by atoms with Gasteiger partial charge in [-0.1, -0.05) is 56.9 Å². The number of carbonyl (C=O) groups excluding carboxylic acids is 2. The van der Waals surface area contributed by atoms with Crippen molar-refractivity contribution in [3.63, 3.8) is 0 Å². The van der Waals surface area contributed by atoms with Crippen LogP contribution in [0.2, 0.25) is 0 Å². The molecule has 0 spiro atoms. The Morgan fingerprint density at radius 1 is 0.857 bits per heavy atom. The molecule has 2 N–H and O–H groups in total. The molecule has 0 heterocycles. The molecule has 0 aliphatic heterocycles. The molecule has 0 fully saturated rings. The van der Waals surface area contributed by atoms with E-state index in [9.17, 15) is 14.0 Å². The van der Waals surface area contributed by atoms with Crippen molar-refractivity contribution >= 4 is 23.7 Å². The van der Waals surface area contributed by atoms with Crippen molar-refractivity contribution < 1.29 is 18.7 Å². The van der Waals surface area contributed by atoms with E-state index >= 15 is 0 Å². The van der Waals surface area contributed by atoms with Crippen molar-refractivity contribution in [2.24, 2.45) is 5.10 Å². The summed E-state index contributed by atoms with van der Waals surface area (Å²) in [7, 11) is 0. The van der Waals surface area contributed by atoms with Gasteiger partial charge in [0, 0.05) is 0 Å². The number of anilines is 1. The maximum Gasteiger partial charge on any atom is 0.273 e. The highest BCUT2D eigenvalue weighted by molar-refractivity contribution is 6.09. The fraction of sp³-hybridized carbons (Fsp3) is 0.250. The summed E-state index contributed by atoms with van der Waals surface area (Å²) in [6, 6.07) is 19.5. The van der Waals surface area contributed by atoms with Crippen LogP contribution in [0.1, 0.15) is 65.3 Å². The molecule has 0 atom stereocenters. The zero-order valence-corrected chi connectivity index (χ0v) is 19.8. The van der Waals surface area contributed by atoms with Crippen LogP contribution in [0.15, 0.2) is 77.9 Å². The zero-order chi connectivity index (χ0) is 24.9. The molecule has 0 aliphatic carbocycles. The second-order valence-corrected chi connectivity index (χ2v) is 8.01. The number of amides is 2. The molecular formula is C28H30FN3O3. The third-order valence-corrected chi connectivity index (χ3v) is 5.31. The first kappa shape index (κ1) is 25.6. The number of carbonyl (C=O) groups is 2. The van der Waals surface area contributed by atoms with E-state index in [4.69, 9.17) is 4.74 Å². The topological polar surface area (TPSA) is 79.8 Å². The molecule has 3 rings (SSSR count). The summed E-state index contributed by atoms with van der Waals surface area (Å²) in [6.07, 6.45) is 7.46. The quantitative estimate of drug-likeness (QED) is 0.186. The summed E-state index contributed by atoms with van der Waals surface area (Å²) >= 11 is 0. The van der Waals surface area contributed by atoms with E-state index in [1.54, 1.807) is 30.3 Å². The lowest BCUT2D eigenvalue weighted by Crippen LogP contribution is -2.21. The smallest absolute Gasteiger partial charge is 0.273 e. The molecule has 0 saturated heterocycles. The molecular weight excluding hydrogens is 445 g/mol. The maximum absolute atomic E-state index is 13.9. The van der Waals surface area contributed by atoms with Gasteiger partial charge in [-0.25, -0.2) is 9.82 Å². The summed E-state index contributed by atoms with van der Waals surface area (Å²) in [4.78, 5) is 25.1. The Morgan fingerprint density at radius 2 is 1.54 bits per heavy atom. The second kappa shape index (κ2) is 13.6. The van der Waals surface area contributed by atoms with Gasteiger partial charge < -0.3 is 10.1 Å². The number of unbranched alkanes of at least 4 members (excludes halogenated alkanes) is 4. The third-order valence-electron chi connectivity index (χ3n) is 5.31. The number of hydrogen-bond donors (Lipinski definition) is 2. The monoisotopic (exact) mass is 475 g/mol. The number of hydrazone groups is 1. The highest BCUT2D eigenvalue weighted by Gasteiger charge is 2.15. The van der Waals surface area contributed by atoms with E-state index in [0.717, 1.165) is 17.7 Å². The van der Waals surface area contributed by atoms with Gasteiger partial charge >= 0.3 is 0 Å². The molecule has 3 aromatic rings. The highest BCUT2D eigenvalue weighted by Crippen LogP contribution is 2.17. The van der Waals surface area contributed by atoms with Crippen LogP contribution in [0.5, 0.6) is 5.75 Å². The Morgan fingerprint density at radius 3 is 2.29 bits per heavy atom. The van der Waals surface area contributed by atoms with Crippen molar-refractivity contribution in [2.75, 3.05) is 11.9 Å². The number of benzene rings is 3. The molecule has 6 nitrogen and oxygen atoms in total. The molecule has 0 aliphatic rings. The largest absolute Gasteiger partial charge is 0.494 e. The molecule has 0 saturated carbocycles. The predicted molar refractivity (Wildman–Crippen MR) is 137 cm³/mol. The van der Waals surface area contributed by atoms with Crippen LogP contribution < -0.4 is 15.5 Å². The summed E-state index contributed by atoms with van der Waals surface area (Å²) in [5.41, 5.74) is 3.61. The fourth-order valence-electron chi connectivity index (χ4n) is 3.40. The van der Waals surface area contributed by atoms with Gasteiger partial charge in [0.1, 0.15) is 11.6 Å². The van der Waals surface area contributed by atoms with E-state index in [0.29, 0.717) is 6.61 Å². The minimum absolute atomic E-state index is 0.107. The number of hydrogen-bond acceptors (Lipinski definition) is 4. The zero-order valence-electron chi connectivity index (χ0n) is 19.8. The normalized spacial score (nSPS) is 10.8. The van der Waals surface area contributed by atoms with Gasteiger partial charge in [-0.2, -0.15) is 5.10 Å². The first-order chi connectivity index (χ1) is 17.1. The van der Waals surface area contributed by atoms with E-state index < -0.39 is 17.6 Å². The summed E-state index contributed by atoms with van der Waals surface area (Å²) < 4.78 is 19.7. The molecule has 0 radical (unpaired) electrons. The highest BCUT2D eigenvalue weighted by atomic mass is 19.1. The van der Waals surface area contributed by atoms with Crippen molar-refractivity contribution in [2.45, 2.75) is 39.0 Å².